The number of hydrogen-bond acceptors (Lipinski definition) is 5. The van der Waals surface area contributed by atoms with E-state index in [1.165, 1.54) is 0 Å². The summed E-state index contributed by atoms with van der Waals surface area (Å²) in [6.07, 6.45) is 1.96. The summed E-state index contributed by atoms with van der Waals surface area (Å²) in [5.74, 6) is 0.724. The minimum atomic E-state index is -0.237. The van der Waals surface area contributed by atoms with Gasteiger partial charge < -0.3 is 15.0 Å². The van der Waals surface area contributed by atoms with Crippen molar-refractivity contribution in [1.82, 2.24) is 19.6 Å². The normalized spacial score (nSPS) is 12.6. The highest BCUT2D eigenvalue weighted by atomic mass is 32.1. The molecule has 21 heavy (non-hydrogen) atoms. The Morgan fingerprint density at radius 3 is 2.86 bits per heavy atom. The topological polar surface area (TPSA) is 58.9 Å². The Labute approximate surface area is 128 Å². The van der Waals surface area contributed by atoms with E-state index >= 15 is 0 Å². The molecule has 1 atom stereocenters. The second kappa shape index (κ2) is 6.91. The monoisotopic (exact) mass is 310 g/mol. The van der Waals surface area contributed by atoms with Crippen LogP contribution in [0.5, 0.6) is 5.88 Å². The van der Waals surface area contributed by atoms with Gasteiger partial charge >= 0.3 is 0 Å². The van der Waals surface area contributed by atoms with Crippen LogP contribution in [0.2, 0.25) is 0 Å². The number of ether oxygens (including phenoxy) is 1. The maximum atomic E-state index is 12.2. The Morgan fingerprint density at radius 1 is 1.52 bits per heavy atom. The number of nitrogens with one attached hydrogen (secondary N) is 1. The van der Waals surface area contributed by atoms with Crippen molar-refractivity contribution >= 4 is 22.2 Å². The number of aromatic nitrogens is 2. The van der Waals surface area contributed by atoms with Gasteiger partial charge in [0.1, 0.15) is 5.69 Å². The first kappa shape index (κ1) is 15.8. The van der Waals surface area contributed by atoms with Crippen molar-refractivity contribution in [2.24, 2.45) is 0 Å². The van der Waals surface area contributed by atoms with Crippen molar-refractivity contribution in [3.63, 3.8) is 0 Å². The average molecular weight is 310 g/mol. The first-order chi connectivity index (χ1) is 10.1. The molecule has 0 aliphatic rings. The fourth-order valence-electron chi connectivity index (χ4n) is 2.28. The molecule has 1 N–H and O–H groups in total. The molecule has 0 aliphatic heterocycles. The number of fused-ring (bicyclic) bond motifs is 1. The summed E-state index contributed by atoms with van der Waals surface area (Å²) in [5, 5.41) is 5.25. The Morgan fingerprint density at radius 2 is 2.24 bits per heavy atom. The molecule has 0 aliphatic carbocycles. The maximum Gasteiger partial charge on any atom is 0.239 e. The minimum absolute atomic E-state index is 0.116. The van der Waals surface area contributed by atoms with E-state index in [0.717, 1.165) is 23.7 Å². The van der Waals surface area contributed by atoms with Crippen LogP contribution in [0.3, 0.4) is 0 Å². The van der Waals surface area contributed by atoms with Gasteiger partial charge in [0.15, 0.2) is 4.96 Å². The quantitative estimate of drug-likeness (QED) is 0.846. The highest BCUT2D eigenvalue weighted by Gasteiger charge is 2.20. The summed E-state index contributed by atoms with van der Waals surface area (Å²) in [4.78, 5) is 19.4. The zero-order valence-electron chi connectivity index (χ0n) is 12.9. The van der Waals surface area contributed by atoms with Gasteiger partial charge in [-0.15, -0.1) is 11.3 Å². The third-order valence-electron chi connectivity index (χ3n) is 3.54. The van der Waals surface area contributed by atoms with Gasteiger partial charge in [-0.25, -0.2) is 0 Å². The third-order valence-corrected chi connectivity index (χ3v) is 4.30. The molecule has 0 saturated carbocycles. The van der Waals surface area contributed by atoms with Crippen LogP contribution in [0.15, 0.2) is 11.6 Å². The lowest BCUT2D eigenvalue weighted by Crippen LogP contribution is -2.44. The lowest BCUT2D eigenvalue weighted by Gasteiger charge is -2.23. The van der Waals surface area contributed by atoms with Crippen molar-refractivity contribution in [2.45, 2.75) is 33.4 Å². The smallest absolute Gasteiger partial charge is 0.239 e. The number of methoxy groups -OCH3 is 1. The number of rotatable bonds is 7. The molecule has 0 aromatic carbocycles. The molecule has 0 fully saturated rings. The van der Waals surface area contributed by atoms with Gasteiger partial charge in [-0.3, -0.25) is 9.20 Å². The van der Waals surface area contributed by atoms with Gasteiger partial charge in [-0.05, 0) is 20.8 Å². The van der Waals surface area contributed by atoms with E-state index in [1.807, 2.05) is 41.6 Å². The number of amides is 1. The molecule has 1 unspecified atom stereocenters. The third kappa shape index (κ3) is 3.19. The SMILES string of the molecule is CCN(CC)C(=O)C(C)NCc1c(OC)nc2sccn12. The van der Waals surface area contributed by atoms with Crippen LogP contribution in [0, 0.1) is 0 Å². The Hall–Kier alpha value is -1.60. The number of thiazole rings is 1. The lowest BCUT2D eigenvalue weighted by atomic mass is 10.2. The molecular weight excluding hydrogens is 288 g/mol. The molecule has 0 bridgehead atoms. The van der Waals surface area contributed by atoms with Crippen LogP contribution in [-0.2, 0) is 11.3 Å². The van der Waals surface area contributed by atoms with Crippen LogP contribution in [0.4, 0.5) is 0 Å². The molecule has 2 aromatic heterocycles. The molecule has 0 radical (unpaired) electrons. The zero-order valence-corrected chi connectivity index (χ0v) is 13.7. The molecule has 0 spiro atoms. The molecular formula is C14H22N4O2S. The van der Waals surface area contributed by atoms with Gasteiger partial charge in [0.25, 0.3) is 0 Å². The van der Waals surface area contributed by atoms with Crippen molar-refractivity contribution in [1.29, 1.82) is 0 Å². The number of carbonyl (C=O) groups excluding carboxylic acids is 1. The molecule has 2 heterocycles. The summed E-state index contributed by atoms with van der Waals surface area (Å²) in [7, 11) is 1.61. The van der Waals surface area contributed by atoms with E-state index in [-0.39, 0.29) is 11.9 Å². The van der Waals surface area contributed by atoms with E-state index < -0.39 is 0 Å². The number of carbonyl (C=O) groups is 1. The fourth-order valence-corrected chi connectivity index (χ4v) is 3.01. The second-order valence-electron chi connectivity index (χ2n) is 4.74. The minimum Gasteiger partial charge on any atom is -0.480 e. The maximum absolute atomic E-state index is 12.2. The molecule has 2 aromatic rings. The highest BCUT2D eigenvalue weighted by molar-refractivity contribution is 7.15. The summed E-state index contributed by atoms with van der Waals surface area (Å²) in [6.45, 7) is 7.86. The van der Waals surface area contributed by atoms with Crippen LogP contribution in [0.25, 0.3) is 4.96 Å². The highest BCUT2D eigenvalue weighted by Crippen LogP contribution is 2.22. The first-order valence-corrected chi connectivity index (χ1v) is 8.00. The van der Waals surface area contributed by atoms with Crippen LogP contribution < -0.4 is 10.1 Å². The van der Waals surface area contributed by atoms with Crippen LogP contribution in [-0.4, -0.2) is 46.4 Å². The Kier molecular flexibility index (Phi) is 5.19. The van der Waals surface area contributed by atoms with E-state index in [2.05, 4.69) is 10.3 Å². The molecule has 2 rings (SSSR count). The summed E-state index contributed by atoms with van der Waals surface area (Å²) in [6, 6.07) is -0.237. The number of likely N-dealkylation sites (N-methyl/N-ethyl adjacent to an activating group) is 1. The summed E-state index contributed by atoms with van der Waals surface area (Å²) < 4.78 is 7.30. The van der Waals surface area contributed by atoms with Gasteiger partial charge in [0, 0.05) is 31.2 Å². The van der Waals surface area contributed by atoms with E-state index in [1.54, 1.807) is 18.4 Å². The van der Waals surface area contributed by atoms with E-state index in [9.17, 15) is 4.79 Å². The predicted octanol–water partition coefficient (Wildman–Crippen LogP) is 1.75. The zero-order chi connectivity index (χ0) is 15.4. The number of imidazole rings is 1. The van der Waals surface area contributed by atoms with Gasteiger partial charge in [0.2, 0.25) is 11.8 Å². The molecule has 116 valence electrons. The molecule has 0 saturated heterocycles. The summed E-state index contributed by atoms with van der Waals surface area (Å²) in [5.41, 5.74) is 0.938. The van der Waals surface area contributed by atoms with Gasteiger partial charge in [0.05, 0.1) is 13.2 Å². The molecule has 6 nitrogen and oxygen atoms in total. The van der Waals surface area contributed by atoms with Crippen molar-refractivity contribution in [3.8, 4) is 5.88 Å². The molecule has 7 heteroatoms. The van der Waals surface area contributed by atoms with E-state index in [4.69, 9.17) is 4.74 Å². The number of nitrogens with zero attached hydrogens (tertiary/aromatic N) is 3. The summed E-state index contributed by atoms with van der Waals surface area (Å²) >= 11 is 1.56. The van der Waals surface area contributed by atoms with Gasteiger partial charge in [-0.1, -0.05) is 0 Å². The van der Waals surface area contributed by atoms with Crippen LogP contribution in [0.1, 0.15) is 26.5 Å². The van der Waals surface area contributed by atoms with Gasteiger partial charge in [-0.2, -0.15) is 4.98 Å². The Balaban J connectivity index is 2.07. The lowest BCUT2D eigenvalue weighted by molar-refractivity contribution is -0.132. The van der Waals surface area contributed by atoms with Crippen LogP contribution >= 0.6 is 11.3 Å². The van der Waals surface area contributed by atoms with E-state index in [0.29, 0.717) is 12.4 Å². The largest absolute Gasteiger partial charge is 0.480 e. The fraction of sp³-hybridized carbons (Fsp3) is 0.571. The number of hydrogen-bond donors (Lipinski definition) is 1. The first-order valence-electron chi connectivity index (χ1n) is 7.12. The Bertz CT molecular complexity index is 603. The standard InChI is InChI=1S/C14H22N4O2S/c1-5-17(6-2)13(19)10(3)15-9-11-12(20-4)16-14-18(11)7-8-21-14/h7-8,10,15H,5-6,9H2,1-4H3. The second-order valence-corrected chi connectivity index (χ2v) is 5.61. The predicted molar refractivity (Wildman–Crippen MR) is 83.9 cm³/mol. The average Bonchev–Trinajstić information content (AvgIpc) is 3.06. The molecule has 1 amide bonds. The van der Waals surface area contributed by atoms with Crippen molar-refractivity contribution < 1.29 is 9.53 Å². The van der Waals surface area contributed by atoms with Crippen molar-refractivity contribution in [2.75, 3.05) is 20.2 Å². The van der Waals surface area contributed by atoms with Crippen molar-refractivity contribution in [3.05, 3.63) is 17.3 Å².